The van der Waals surface area contributed by atoms with Gasteiger partial charge in [0.15, 0.2) is 5.58 Å². The van der Waals surface area contributed by atoms with Gasteiger partial charge in [-0.05, 0) is 40.2 Å². The van der Waals surface area contributed by atoms with Gasteiger partial charge >= 0.3 is 0 Å². The molecular formula is C13H9BrClNOS. The van der Waals surface area contributed by atoms with E-state index in [9.17, 15) is 0 Å². The molecule has 2 nitrogen and oxygen atoms in total. The number of nitrogens with two attached hydrogens (primary N) is 1. The normalized spacial score (nSPS) is 13.1. The molecular weight excluding hydrogens is 334 g/mol. The van der Waals surface area contributed by atoms with Crippen molar-refractivity contribution in [2.75, 3.05) is 0 Å². The van der Waals surface area contributed by atoms with E-state index in [1.54, 1.807) is 11.3 Å². The molecule has 0 fully saturated rings. The fraction of sp³-hybridized carbons (Fsp3) is 0.0769. The summed E-state index contributed by atoms with van der Waals surface area (Å²) < 4.78 is 6.82. The van der Waals surface area contributed by atoms with Crippen molar-refractivity contribution in [3.63, 3.8) is 0 Å². The van der Waals surface area contributed by atoms with Gasteiger partial charge in [-0.1, -0.05) is 23.7 Å². The lowest BCUT2D eigenvalue weighted by Crippen LogP contribution is -2.08. The van der Waals surface area contributed by atoms with Gasteiger partial charge in [0.2, 0.25) is 0 Å². The molecule has 0 saturated heterocycles. The summed E-state index contributed by atoms with van der Waals surface area (Å²) in [5, 5.41) is 1.59. The Morgan fingerprint density at radius 3 is 2.78 bits per heavy atom. The molecule has 0 amide bonds. The Kier molecular flexibility index (Phi) is 3.20. The lowest BCUT2D eigenvalue weighted by Gasteiger charge is -2.04. The number of halogens is 2. The van der Waals surface area contributed by atoms with E-state index in [0.29, 0.717) is 10.6 Å². The standard InChI is InChI=1S/C13H9BrClNOS/c14-11-5-4-10(18-11)12(16)9-6-7-2-1-3-8(15)13(7)17-9/h1-6,12H,16H2. The lowest BCUT2D eigenvalue weighted by atomic mass is 10.2. The van der Waals surface area contributed by atoms with E-state index in [1.807, 2.05) is 36.4 Å². The van der Waals surface area contributed by atoms with E-state index in [4.69, 9.17) is 21.8 Å². The van der Waals surface area contributed by atoms with Crippen LogP contribution in [0.25, 0.3) is 11.0 Å². The molecule has 1 atom stereocenters. The summed E-state index contributed by atoms with van der Waals surface area (Å²) in [6.45, 7) is 0. The summed E-state index contributed by atoms with van der Waals surface area (Å²) in [6.07, 6.45) is 0. The van der Waals surface area contributed by atoms with Crippen LogP contribution in [0.15, 0.2) is 44.6 Å². The molecule has 18 heavy (non-hydrogen) atoms. The van der Waals surface area contributed by atoms with Crippen LogP contribution in [0.3, 0.4) is 0 Å². The third kappa shape index (κ3) is 2.10. The van der Waals surface area contributed by atoms with E-state index in [1.165, 1.54) is 0 Å². The van der Waals surface area contributed by atoms with Gasteiger partial charge < -0.3 is 10.2 Å². The molecule has 5 heteroatoms. The minimum atomic E-state index is -0.259. The molecule has 2 aromatic heterocycles. The predicted octanol–water partition coefficient (Wildman–Crippen LogP) is 4.96. The first-order chi connectivity index (χ1) is 8.65. The summed E-state index contributed by atoms with van der Waals surface area (Å²) in [7, 11) is 0. The average Bonchev–Trinajstić information content (AvgIpc) is 2.95. The van der Waals surface area contributed by atoms with E-state index < -0.39 is 0 Å². The molecule has 92 valence electrons. The average molecular weight is 343 g/mol. The molecule has 0 saturated carbocycles. The molecule has 3 rings (SSSR count). The molecule has 2 heterocycles. The van der Waals surface area contributed by atoms with Crippen LogP contribution in [0, 0.1) is 0 Å². The van der Waals surface area contributed by atoms with Crippen LogP contribution in [0.5, 0.6) is 0 Å². The number of hydrogen-bond donors (Lipinski definition) is 1. The van der Waals surface area contributed by atoms with Crippen molar-refractivity contribution in [2.24, 2.45) is 5.73 Å². The zero-order valence-electron chi connectivity index (χ0n) is 9.19. The predicted molar refractivity (Wildman–Crippen MR) is 79.3 cm³/mol. The summed E-state index contributed by atoms with van der Waals surface area (Å²) >= 11 is 11.1. The Morgan fingerprint density at radius 2 is 2.11 bits per heavy atom. The number of thiophene rings is 1. The maximum absolute atomic E-state index is 6.20. The van der Waals surface area contributed by atoms with Crippen LogP contribution < -0.4 is 5.73 Å². The Bertz CT molecular complexity index is 706. The van der Waals surface area contributed by atoms with Crippen LogP contribution in [-0.4, -0.2) is 0 Å². The Morgan fingerprint density at radius 1 is 1.28 bits per heavy atom. The first kappa shape index (κ1) is 12.2. The fourth-order valence-electron chi connectivity index (χ4n) is 1.84. The van der Waals surface area contributed by atoms with E-state index >= 15 is 0 Å². The monoisotopic (exact) mass is 341 g/mol. The van der Waals surface area contributed by atoms with Crippen molar-refractivity contribution in [1.82, 2.24) is 0 Å². The second kappa shape index (κ2) is 4.70. The summed E-state index contributed by atoms with van der Waals surface area (Å²) in [6, 6.07) is 11.3. The highest BCUT2D eigenvalue weighted by molar-refractivity contribution is 9.11. The van der Waals surface area contributed by atoms with Gasteiger partial charge in [0.25, 0.3) is 0 Å². The number of benzene rings is 1. The van der Waals surface area contributed by atoms with E-state index in [0.717, 1.165) is 19.8 Å². The molecule has 2 N–H and O–H groups in total. The third-order valence-corrected chi connectivity index (χ3v) is 4.73. The van der Waals surface area contributed by atoms with Gasteiger partial charge in [0.05, 0.1) is 14.9 Å². The van der Waals surface area contributed by atoms with Crippen molar-refractivity contribution in [2.45, 2.75) is 6.04 Å². The van der Waals surface area contributed by atoms with Gasteiger partial charge in [-0.25, -0.2) is 0 Å². The quantitative estimate of drug-likeness (QED) is 0.715. The largest absolute Gasteiger partial charge is 0.457 e. The SMILES string of the molecule is NC(c1cc2cccc(Cl)c2o1)c1ccc(Br)s1. The minimum absolute atomic E-state index is 0.259. The highest BCUT2D eigenvalue weighted by Crippen LogP contribution is 2.34. The molecule has 0 aliphatic heterocycles. The van der Waals surface area contributed by atoms with Crippen molar-refractivity contribution in [3.05, 3.63) is 55.8 Å². The summed E-state index contributed by atoms with van der Waals surface area (Å²) in [5.41, 5.74) is 6.89. The highest BCUT2D eigenvalue weighted by Gasteiger charge is 2.16. The van der Waals surface area contributed by atoms with Gasteiger partial charge in [-0.3, -0.25) is 0 Å². The van der Waals surface area contributed by atoms with Gasteiger partial charge in [-0.15, -0.1) is 11.3 Å². The van der Waals surface area contributed by atoms with Crippen LogP contribution in [0.1, 0.15) is 16.7 Å². The van der Waals surface area contributed by atoms with Gasteiger partial charge in [0.1, 0.15) is 5.76 Å². The van der Waals surface area contributed by atoms with Crippen molar-refractivity contribution < 1.29 is 4.42 Å². The van der Waals surface area contributed by atoms with Gasteiger partial charge in [-0.2, -0.15) is 0 Å². The summed E-state index contributed by atoms with van der Waals surface area (Å²) in [5.74, 6) is 0.729. The number of fused-ring (bicyclic) bond motifs is 1. The van der Waals surface area contributed by atoms with Crippen molar-refractivity contribution >= 4 is 49.8 Å². The van der Waals surface area contributed by atoms with Crippen LogP contribution in [0.4, 0.5) is 0 Å². The number of rotatable bonds is 2. The number of furan rings is 1. The first-order valence-electron chi connectivity index (χ1n) is 5.34. The molecule has 1 unspecified atom stereocenters. The van der Waals surface area contributed by atoms with Crippen molar-refractivity contribution in [3.8, 4) is 0 Å². The smallest absolute Gasteiger partial charge is 0.152 e. The maximum Gasteiger partial charge on any atom is 0.152 e. The molecule has 1 aromatic carbocycles. The molecule has 0 bridgehead atoms. The Labute approximate surface area is 121 Å². The van der Waals surface area contributed by atoms with Gasteiger partial charge in [0, 0.05) is 10.3 Å². The second-order valence-electron chi connectivity index (χ2n) is 3.93. The summed E-state index contributed by atoms with van der Waals surface area (Å²) in [4.78, 5) is 1.05. The molecule has 0 radical (unpaired) electrons. The maximum atomic E-state index is 6.20. The topological polar surface area (TPSA) is 39.2 Å². The fourth-order valence-corrected chi connectivity index (χ4v) is 3.49. The van der Waals surface area contributed by atoms with Crippen LogP contribution >= 0.6 is 38.9 Å². The van der Waals surface area contributed by atoms with Crippen molar-refractivity contribution in [1.29, 1.82) is 0 Å². The Hall–Kier alpha value is -0.810. The minimum Gasteiger partial charge on any atom is -0.457 e. The zero-order chi connectivity index (χ0) is 12.7. The first-order valence-corrected chi connectivity index (χ1v) is 7.32. The Balaban J connectivity index is 2.06. The van der Waals surface area contributed by atoms with Crippen LogP contribution in [-0.2, 0) is 0 Å². The molecule has 0 spiro atoms. The van der Waals surface area contributed by atoms with E-state index in [2.05, 4.69) is 15.9 Å². The van der Waals surface area contributed by atoms with E-state index in [-0.39, 0.29) is 6.04 Å². The lowest BCUT2D eigenvalue weighted by molar-refractivity contribution is 0.528. The zero-order valence-corrected chi connectivity index (χ0v) is 12.3. The molecule has 3 aromatic rings. The number of hydrogen-bond acceptors (Lipinski definition) is 3. The third-order valence-electron chi connectivity index (χ3n) is 2.72. The molecule has 0 aliphatic rings. The molecule has 0 aliphatic carbocycles. The van der Waals surface area contributed by atoms with Crippen LogP contribution in [0.2, 0.25) is 5.02 Å². The second-order valence-corrected chi connectivity index (χ2v) is 6.83. The number of para-hydroxylation sites is 1. The highest BCUT2D eigenvalue weighted by atomic mass is 79.9.